The number of nitrogens with one attached hydrogen (secondary N) is 1. The van der Waals surface area contributed by atoms with Crippen LogP contribution in [0.4, 0.5) is 17.1 Å². The van der Waals surface area contributed by atoms with Crippen LogP contribution in [0.1, 0.15) is 10.4 Å². The van der Waals surface area contributed by atoms with Gasteiger partial charge in [-0.2, -0.15) is 0 Å². The Morgan fingerprint density at radius 2 is 1.84 bits per heavy atom. The van der Waals surface area contributed by atoms with Gasteiger partial charge in [0.15, 0.2) is 0 Å². The number of benzene rings is 2. The highest BCUT2D eigenvalue weighted by Gasteiger charge is 2.09. The van der Waals surface area contributed by atoms with Crippen LogP contribution < -0.4 is 16.8 Å². The standard InChI is InChI=1S/C14H15N3OS/c1-19-10-7-5-9(6-8-10)17-12-4-2-3-11(13(12)15)14(16)18/h2-8,17H,15H2,1H3,(H2,16,18). The van der Waals surface area contributed by atoms with Crippen molar-refractivity contribution in [1.82, 2.24) is 0 Å². The van der Waals surface area contributed by atoms with Crippen molar-refractivity contribution in [2.45, 2.75) is 4.90 Å². The van der Waals surface area contributed by atoms with E-state index in [1.807, 2.05) is 36.6 Å². The average molecular weight is 273 g/mol. The van der Waals surface area contributed by atoms with E-state index >= 15 is 0 Å². The molecule has 0 aromatic heterocycles. The fraction of sp³-hybridized carbons (Fsp3) is 0.0714. The van der Waals surface area contributed by atoms with Gasteiger partial charge in [-0.3, -0.25) is 4.79 Å². The summed E-state index contributed by atoms with van der Waals surface area (Å²) in [4.78, 5) is 12.4. The van der Waals surface area contributed by atoms with E-state index in [9.17, 15) is 4.79 Å². The van der Waals surface area contributed by atoms with E-state index in [0.717, 1.165) is 5.69 Å². The second-order valence-corrected chi connectivity index (χ2v) is 4.86. The highest BCUT2D eigenvalue weighted by molar-refractivity contribution is 7.98. The zero-order valence-electron chi connectivity index (χ0n) is 10.5. The third-order valence-electron chi connectivity index (χ3n) is 2.74. The van der Waals surface area contributed by atoms with Gasteiger partial charge in [0, 0.05) is 10.6 Å². The molecular formula is C14H15N3OS. The fourth-order valence-corrected chi connectivity index (χ4v) is 2.13. The maximum atomic E-state index is 11.2. The number of primary amides is 1. The molecule has 0 aliphatic rings. The molecule has 0 unspecified atom stereocenters. The zero-order valence-corrected chi connectivity index (χ0v) is 11.3. The third kappa shape index (κ3) is 3.00. The molecule has 0 fully saturated rings. The molecule has 5 N–H and O–H groups in total. The van der Waals surface area contributed by atoms with Crippen LogP contribution in [-0.2, 0) is 0 Å². The van der Waals surface area contributed by atoms with E-state index in [4.69, 9.17) is 11.5 Å². The summed E-state index contributed by atoms with van der Waals surface area (Å²) in [5.74, 6) is -0.529. The van der Waals surface area contributed by atoms with Crippen LogP contribution in [0.2, 0.25) is 0 Å². The number of para-hydroxylation sites is 1. The molecule has 0 atom stereocenters. The van der Waals surface area contributed by atoms with Crippen LogP contribution in [0, 0.1) is 0 Å². The molecule has 5 heteroatoms. The molecule has 2 aromatic rings. The molecule has 19 heavy (non-hydrogen) atoms. The Balaban J connectivity index is 2.27. The van der Waals surface area contributed by atoms with E-state index in [-0.39, 0.29) is 0 Å². The van der Waals surface area contributed by atoms with Crippen LogP contribution in [0.15, 0.2) is 47.4 Å². The largest absolute Gasteiger partial charge is 0.396 e. The van der Waals surface area contributed by atoms with Crippen molar-refractivity contribution in [3.8, 4) is 0 Å². The normalized spacial score (nSPS) is 10.2. The van der Waals surface area contributed by atoms with Gasteiger partial charge in [-0.25, -0.2) is 0 Å². The monoisotopic (exact) mass is 273 g/mol. The summed E-state index contributed by atoms with van der Waals surface area (Å²) in [5.41, 5.74) is 13.5. The topological polar surface area (TPSA) is 81.1 Å². The van der Waals surface area contributed by atoms with E-state index < -0.39 is 5.91 Å². The Kier molecular flexibility index (Phi) is 3.97. The molecule has 4 nitrogen and oxygen atoms in total. The summed E-state index contributed by atoms with van der Waals surface area (Å²) in [6, 6.07) is 13.1. The lowest BCUT2D eigenvalue weighted by molar-refractivity contribution is 0.100. The summed E-state index contributed by atoms with van der Waals surface area (Å²) < 4.78 is 0. The lowest BCUT2D eigenvalue weighted by atomic mass is 10.1. The van der Waals surface area contributed by atoms with Crippen molar-refractivity contribution in [1.29, 1.82) is 0 Å². The van der Waals surface area contributed by atoms with Gasteiger partial charge in [0.2, 0.25) is 0 Å². The first-order chi connectivity index (χ1) is 9.11. The van der Waals surface area contributed by atoms with Crippen LogP contribution in [0.25, 0.3) is 0 Å². The minimum atomic E-state index is -0.529. The number of rotatable bonds is 4. The van der Waals surface area contributed by atoms with Crippen molar-refractivity contribution in [2.24, 2.45) is 5.73 Å². The summed E-state index contributed by atoms with van der Waals surface area (Å²) in [6.07, 6.45) is 2.02. The van der Waals surface area contributed by atoms with E-state index in [0.29, 0.717) is 16.9 Å². The quantitative estimate of drug-likeness (QED) is 0.591. The summed E-state index contributed by atoms with van der Waals surface area (Å²) >= 11 is 1.68. The smallest absolute Gasteiger partial charge is 0.250 e. The number of nitrogens with two attached hydrogens (primary N) is 2. The number of hydrogen-bond donors (Lipinski definition) is 3. The molecule has 1 amide bonds. The number of amides is 1. The predicted molar refractivity (Wildman–Crippen MR) is 80.9 cm³/mol. The van der Waals surface area contributed by atoms with Crippen molar-refractivity contribution in [2.75, 3.05) is 17.3 Å². The molecule has 0 spiro atoms. The maximum absolute atomic E-state index is 11.2. The molecule has 0 bridgehead atoms. The van der Waals surface area contributed by atoms with Crippen LogP contribution in [-0.4, -0.2) is 12.2 Å². The predicted octanol–water partition coefficient (Wildman–Crippen LogP) is 2.83. The first-order valence-electron chi connectivity index (χ1n) is 5.71. The number of anilines is 3. The number of hydrogen-bond acceptors (Lipinski definition) is 4. The van der Waals surface area contributed by atoms with E-state index in [2.05, 4.69) is 5.32 Å². The Labute approximate surface area is 116 Å². The lowest BCUT2D eigenvalue weighted by Gasteiger charge is -2.11. The number of carbonyl (C=O) groups excluding carboxylic acids is 1. The molecule has 0 heterocycles. The minimum absolute atomic E-state index is 0.325. The van der Waals surface area contributed by atoms with Crippen LogP contribution in [0.5, 0.6) is 0 Å². The Morgan fingerprint density at radius 3 is 2.42 bits per heavy atom. The maximum Gasteiger partial charge on any atom is 0.250 e. The van der Waals surface area contributed by atoms with Crippen LogP contribution in [0.3, 0.4) is 0 Å². The van der Waals surface area contributed by atoms with Gasteiger partial charge in [-0.05, 0) is 42.7 Å². The SMILES string of the molecule is CSc1ccc(Nc2cccc(C(N)=O)c2N)cc1. The zero-order chi connectivity index (χ0) is 13.8. The molecule has 0 radical (unpaired) electrons. The van der Waals surface area contributed by atoms with Gasteiger partial charge in [-0.15, -0.1) is 11.8 Å². The van der Waals surface area contributed by atoms with Gasteiger partial charge in [0.1, 0.15) is 0 Å². The molecular weight excluding hydrogens is 258 g/mol. The Bertz CT molecular complexity index is 596. The van der Waals surface area contributed by atoms with Crippen molar-refractivity contribution >= 4 is 34.7 Å². The van der Waals surface area contributed by atoms with Gasteiger partial charge >= 0.3 is 0 Å². The van der Waals surface area contributed by atoms with E-state index in [1.165, 1.54) is 4.90 Å². The first-order valence-corrected chi connectivity index (χ1v) is 6.93. The fourth-order valence-electron chi connectivity index (χ4n) is 1.72. The summed E-state index contributed by atoms with van der Waals surface area (Å²) in [6.45, 7) is 0. The third-order valence-corrected chi connectivity index (χ3v) is 3.48. The molecule has 0 aliphatic heterocycles. The highest BCUT2D eigenvalue weighted by Crippen LogP contribution is 2.27. The molecule has 0 saturated heterocycles. The summed E-state index contributed by atoms with van der Waals surface area (Å²) in [5, 5.41) is 3.18. The van der Waals surface area contributed by atoms with Crippen molar-refractivity contribution < 1.29 is 4.79 Å². The van der Waals surface area contributed by atoms with Crippen molar-refractivity contribution in [3.05, 3.63) is 48.0 Å². The number of carbonyl (C=O) groups is 1. The highest BCUT2D eigenvalue weighted by atomic mass is 32.2. The van der Waals surface area contributed by atoms with Crippen molar-refractivity contribution in [3.63, 3.8) is 0 Å². The second kappa shape index (κ2) is 5.67. The van der Waals surface area contributed by atoms with Gasteiger partial charge in [-0.1, -0.05) is 6.07 Å². The molecule has 2 rings (SSSR count). The van der Waals surface area contributed by atoms with Gasteiger partial charge in [0.05, 0.1) is 16.9 Å². The lowest BCUT2D eigenvalue weighted by Crippen LogP contribution is -2.14. The minimum Gasteiger partial charge on any atom is -0.396 e. The Morgan fingerprint density at radius 1 is 1.16 bits per heavy atom. The van der Waals surface area contributed by atoms with Gasteiger partial charge in [0.25, 0.3) is 5.91 Å². The van der Waals surface area contributed by atoms with E-state index in [1.54, 1.807) is 23.9 Å². The molecule has 2 aromatic carbocycles. The first kappa shape index (κ1) is 13.3. The number of nitrogen functional groups attached to an aromatic ring is 1. The average Bonchev–Trinajstić information content (AvgIpc) is 2.41. The molecule has 0 aliphatic carbocycles. The summed E-state index contributed by atoms with van der Waals surface area (Å²) in [7, 11) is 0. The molecule has 98 valence electrons. The van der Waals surface area contributed by atoms with Crippen LogP contribution >= 0.6 is 11.8 Å². The number of thioether (sulfide) groups is 1. The Hall–Kier alpha value is -2.14. The second-order valence-electron chi connectivity index (χ2n) is 3.98. The molecule has 0 saturated carbocycles. The van der Waals surface area contributed by atoms with Gasteiger partial charge < -0.3 is 16.8 Å².